The van der Waals surface area contributed by atoms with Crippen LogP contribution in [0.4, 0.5) is 10.1 Å². The SMILES string of the molecule is CCN(c1ccc(F)cc1)C1(CN)CC(C)N(C)C1. The number of rotatable bonds is 4. The van der Waals surface area contributed by atoms with Gasteiger partial charge in [0.2, 0.25) is 0 Å². The van der Waals surface area contributed by atoms with Gasteiger partial charge in [-0.05, 0) is 51.6 Å². The molecule has 0 aliphatic carbocycles. The fourth-order valence-electron chi connectivity index (χ4n) is 3.26. The maximum Gasteiger partial charge on any atom is 0.123 e. The molecule has 2 rings (SSSR count). The summed E-state index contributed by atoms with van der Waals surface area (Å²) in [5.74, 6) is -0.196. The minimum Gasteiger partial charge on any atom is -0.363 e. The predicted molar refractivity (Wildman–Crippen MR) is 77.9 cm³/mol. The summed E-state index contributed by atoms with van der Waals surface area (Å²) in [6, 6.07) is 7.26. The lowest BCUT2D eigenvalue weighted by Crippen LogP contribution is -2.55. The Kier molecular flexibility index (Phi) is 4.11. The highest BCUT2D eigenvalue weighted by Crippen LogP contribution is 2.34. The second kappa shape index (κ2) is 5.47. The molecule has 0 radical (unpaired) electrons. The Morgan fingerprint density at radius 2 is 2.05 bits per heavy atom. The molecule has 2 N–H and O–H groups in total. The molecular formula is C15H24FN3. The van der Waals surface area contributed by atoms with Gasteiger partial charge in [-0.3, -0.25) is 0 Å². The first-order valence-electron chi connectivity index (χ1n) is 6.96. The standard InChI is InChI=1S/C15H24FN3/c1-4-19(14-7-5-13(16)6-8-14)15(10-17)9-12(2)18(3)11-15/h5-8,12H,4,9-11,17H2,1-3H3. The summed E-state index contributed by atoms with van der Waals surface area (Å²) < 4.78 is 13.1. The monoisotopic (exact) mass is 265 g/mol. The number of anilines is 1. The smallest absolute Gasteiger partial charge is 0.123 e. The number of nitrogens with zero attached hydrogens (tertiary/aromatic N) is 2. The first-order chi connectivity index (χ1) is 9.02. The van der Waals surface area contributed by atoms with Crippen molar-refractivity contribution in [2.75, 3.05) is 31.6 Å². The van der Waals surface area contributed by atoms with E-state index in [0.29, 0.717) is 12.6 Å². The van der Waals surface area contributed by atoms with Gasteiger partial charge >= 0.3 is 0 Å². The fourth-order valence-corrected chi connectivity index (χ4v) is 3.26. The molecule has 3 nitrogen and oxygen atoms in total. The van der Waals surface area contributed by atoms with Crippen molar-refractivity contribution in [1.29, 1.82) is 0 Å². The lowest BCUT2D eigenvalue weighted by Gasteiger charge is -2.42. The second-order valence-electron chi connectivity index (χ2n) is 5.62. The van der Waals surface area contributed by atoms with E-state index in [9.17, 15) is 4.39 Å². The van der Waals surface area contributed by atoms with Crippen LogP contribution in [0.25, 0.3) is 0 Å². The summed E-state index contributed by atoms with van der Waals surface area (Å²) in [4.78, 5) is 4.67. The summed E-state index contributed by atoms with van der Waals surface area (Å²) in [6.45, 7) is 6.81. The van der Waals surface area contributed by atoms with Gasteiger partial charge in [-0.1, -0.05) is 0 Å². The summed E-state index contributed by atoms with van der Waals surface area (Å²) in [5.41, 5.74) is 7.11. The Labute approximate surface area is 115 Å². The lowest BCUT2D eigenvalue weighted by molar-refractivity contribution is 0.316. The zero-order valence-corrected chi connectivity index (χ0v) is 12.1. The molecule has 4 heteroatoms. The molecule has 1 aromatic carbocycles. The maximum atomic E-state index is 13.1. The largest absolute Gasteiger partial charge is 0.363 e. The normalized spacial score (nSPS) is 27.7. The Morgan fingerprint density at radius 3 is 2.47 bits per heavy atom. The molecule has 2 atom stereocenters. The summed E-state index contributed by atoms with van der Waals surface area (Å²) in [6.07, 6.45) is 1.05. The van der Waals surface area contributed by atoms with E-state index in [1.54, 1.807) is 0 Å². The number of halogens is 1. The minimum atomic E-state index is -0.196. The van der Waals surface area contributed by atoms with Crippen molar-refractivity contribution in [3.8, 4) is 0 Å². The number of hydrogen-bond acceptors (Lipinski definition) is 3. The van der Waals surface area contributed by atoms with Gasteiger partial charge in [0, 0.05) is 31.4 Å². The molecule has 0 saturated carbocycles. The van der Waals surface area contributed by atoms with Crippen LogP contribution in [0.5, 0.6) is 0 Å². The van der Waals surface area contributed by atoms with Crippen molar-refractivity contribution in [3.63, 3.8) is 0 Å². The van der Waals surface area contributed by atoms with Crippen LogP contribution in [-0.4, -0.2) is 43.2 Å². The molecule has 1 aliphatic rings. The maximum absolute atomic E-state index is 13.1. The highest BCUT2D eigenvalue weighted by molar-refractivity contribution is 5.50. The van der Waals surface area contributed by atoms with E-state index in [4.69, 9.17) is 5.73 Å². The van der Waals surface area contributed by atoms with Crippen molar-refractivity contribution in [3.05, 3.63) is 30.1 Å². The number of likely N-dealkylation sites (N-methyl/N-ethyl adjacent to an activating group) is 2. The van der Waals surface area contributed by atoms with Crippen molar-refractivity contribution in [2.45, 2.75) is 31.8 Å². The first-order valence-corrected chi connectivity index (χ1v) is 6.96. The Balaban J connectivity index is 2.32. The van der Waals surface area contributed by atoms with Gasteiger partial charge in [0.15, 0.2) is 0 Å². The topological polar surface area (TPSA) is 32.5 Å². The molecule has 1 saturated heterocycles. The molecular weight excluding hydrogens is 241 g/mol. The number of nitrogens with two attached hydrogens (primary N) is 1. The van der Waals surface area contributed by atoms with Crippen LogP contribution in [0.3, 0.4) is 0 Å². The molecule has 19 heavy (non-hydrogen) atoms. The average molecular weight is 265 g/mol. The van der Waals surface area contributed by atoms with E-state index < -0.39 is 0 Å². The molecule has 0 aromatic heterocycles. The molecule has 1 aromatic rings. The van der Waals surface area contributed by atoms with Crippen LogP contribution in [-0.2, 0) is 0 Å². The molecule has 0 amide bonds. The van der Waals surface area contributed by atoms with E-state index in [0.717, 1.165) is 25.2 Å². The van der Waals surface area contributed by atoms with Crippen LogP contribution in [0, 0.1) is 5.82 Å². The fraction of sp³-hybridized carbons (Fsp3) is 0.600. The second-order valence-corrected chi connectivity index (χ2v) is 5.62. The van der Waals surface area contributed by atoms with Gasteiger partial charge < -0.3 is 15.5 Å². The molecule has 0 bridgehead atoms. The van der Waals surface area contributed by atoms with Crippen LogP contribution in [0.15, 0.2) is 24.3 Å². The molecule has 1 aliphatic heterocycles. The summed E-state index contributed by atoms with van der Waals surface area (Å²) >= 11 is 0. The van der Waals surface area contributed by atoms with Crippen molar-refractivity contribution < 1.29 is 4.39 Å². The van der Waals surface area contributed by atoms with Gasteiger partial charge in [0.25, 0.3) is 0 Å². The molecule has 1 fully saturated rings. The third-order valence-corrected chi connectivity index (χ3v) is 4.38. The quantitative estimate of drug-likeness (QED) is 0.904. The molecule has 106 valence electrons. The summed E-state index contributed by atoms with van der Waals surface area (Å²) in [5, 5.41) is 0. The molecule has 2 unspecified atom stereocenters. The van der Waals surface area contributed by atoms with Crippen LogP contribution in [0.1, 0.15) is 20.3 Å². The zero-order chi connectivity index (χ0) is 14.0. The highest BCUT2D eigenvalue weighted by atomic mass is 19.1. The average Bonchev–Trinajstić information content (AvgIpc) is 2.69. The zero-order valence-electron chi connectivity index (χ0n) is 12.1. The van der Waals surface area contributed by atoms with E-state index >= 15 is 0 Å². The van der Waals surface area contributed by atoms with E-state index in [-0.39, 0.29) is 11.4 Å². The van der Waals surface area contributed by atoms with Gasteiger partial charge in [-0.25, -0.2) is 4.39 Å². The number of hydrogen-bond donors (Lipinski definition) is 1. The van der Waals surface area contributed by atoms with Gasteiger partial charge in [-0.2, -0.15) is 0 Å². The molecule has 1 heterocycles. The first kappa shape index (κ1) is 14.3. The predicted octanol–water partition coefficient (Wildman–Crippen LogP) is 2.07. The third kappa shape index (κ3) is 2.60. The highest BCUT2D eigenvalue weighted by Gasteiger charge is 2.43. The number of likely N-dealkylation sites (tertiary alicyclic amines) is 1. The minimum absolute atomic E-state index is 0.0409. The van der Waals surface area contributed by atoms with Crippen LogP contribution < -0.4 is 10.6 Å². The van der Waals surface area contributed by atoms with E-state index in [2.05, 4.69) is 30.7 Å². The van der Waals surface area contributed by atoms with Crippen LogP contribution in [0.2, 0.25) is 0 Å². The van der Waals surface area contributed by atoms with E-state index in [1.807, 2.05) is 12.1 Å². The van der Waals surface area contributed by atoms with Gasteiger partial charge in [-0.15, -0.1) is 0 Å². The number of benzene rings is 1. The van der Waals surface area contributed by atoms with E-state index in [1.165, 1.54) is 12.1 Å². The van der Waals surface area contributed by atoms with Crippen molar-refractivity contribution in [2.24, 2.45) is 5.73 Å². The van der Waals surface area contributed by atoms with Gasteiger partial charge in [0.1, 0.15) is 5.82 Å². The lowest BCUT2D eigenvalue weighted by atomic mass is 9.93. The van der Waals surface area contributed by atoms with Crippen LogP contribution >= 0.6 is 0 Å². The third-order valence-electron chi connectivity index (χ3n) is 4.38. The van der Waals surface area contributed by atoms with Crippen molar-refractivity contribution in [1.82, 2.24) is 4.90 Å². The Bertz CT molecular complexity index is 408. The Morgan fingerprint density at radius 1 is 1.42 bits per heavy atom. The van der Waals surface area contributed by atoms with Crippen molar-refractivity contribution >= 4 is 5.69 Å². The van der Waals surface area contributed by atoms with Gasteiger partial charge in [0.05, 0.1) is 5.54 Å². The summed E-state index contributed by atoms with van der Waals surface area (Å²) in [7, 11) is 2.14. The molecule has 0 spiro atoms. The Hall–Kier alpha value is -1.13.